The standard InChI is InChI=1S/C17H19F2N3O3S/c1-21(10-7-13-5-8-20-9-6-13)17(23)12-22(26(2,24)25)14-3-4-15(18)16(19)11-14/h3-6,8-9,11H,7,10,12H2,1-2H3. The van der Waals surface area contributed by atoms with Crippen LogP contribution in [0.3, 0.4) is 0 Å². The van der Waals surface area contributed by atoms with Gasteiger partial charge >= 0.3 is 0 Å². The number of carbonyl (C=O) groups is 1. The molecule has 0 atom stereocenters. The van der Waals surface area contributed by atoms with Gasteiger partial charge in [0.05, 0.1) is 11.9 Å². The molecule has 0 aliphatic heterocycles. The molecule has 9 heteroatoms. The number of carbonyl (C=O) groups excluding carboxylic acids is 1. The van der Waals surface area contributed by atoms with Crippen molar-refractivity contribution < 1.29 is 22.0 Å². The number of halogens is 2. The van der Waals surface area contributed by atoms with E-state index in [9.17, 15) is 22.0 Å². The molecule has 0 bridgehead atoms. The fraction of sp³-hybridized carbons (Fsp3) is 0.294. The van der Waals surface area contributed by atoms with Crippen LogP contribution >= 0.6 is 0 Å². The molecule has 140 valence electrons. The van der Waals surface area contributed by atoms with Crippen molar-refractivity contribution in [1.82, 2.24) is 9.88 Å². The van der Waals surface area contributed by atoms with Gasteiger partial charge < -0.3 is 4.90 Å². The van der Waals surface area contributed by atoms with Crippen molar-refractivity contribution in [2.45, 2.75) is 6.42 Å². The molecular formula is C17H19F2N3O3S. The second-order valence-electron chi connectivity index (χ2n) is 5.79. The molecule has 1 amide bonds. The van der Waals surface area contributed by atoms with Crippen LogP contribution < -0.4 is 4.31 Å². The Bertz CT molecular complexity index is 876. The van der Waals surface area contributed by atoms with Crippen LogP contribution in [0.1, 0.15) is 5.56 Å². The zero-order chi connectivity index (χ0) is 19.3. The van der Waals surface area contributed by atoms with Crippen LogP contribution in [0, 0.1) is 11.6 Å². The van der Waals surface area contributed by atoms with Gasteiger partial charge in [0.1, 0.15) is 6.54 Å². The highest BCUT2D eigenvalue weighted by Gasteiger charge is 2.23. The van der Waals surface area contributed by atoms with E-state index in [0.29, 0.717) is 13.0 Å². The molecular weight excluding hydrogens is 364 g/mol. The van der Waals surface area contributed by atoms with Gasteiger partial charge in [0, 0.05) is 32.1 Å². The van der Waals surface area contributed by atoms with Crippen molar-refractivity contribution in [2.24, 2.45) is 0 Å². The van der Waals surface area contributed by atoms with E-state index in [1.54, 1.807) is 19.4 Å². The van der Waals surface area contributed by atoms with E-state index < -0.39 is 34.1 Å². The molecule has 26 heavy (non-hydrogen) atoms. The lowest BCUT2D eigenvalue weighted by Gasteiger charge is -2.25. The third kappa shape index (κ3) is 5.22. The third-order valence-electron chi connectivity index (χ3n) is 3.78. The Labute approximate surface area is 151 Å². The summed E-state index contributed by atoms with van der Waals surface area (Å²) in [5.41, 5.74) is 0.877. The smallest absolute Gasteiger partial charge is 0.243 e. The Morgan fingerprint density at radius 3 is 2.35 bits per heavy atom. The first kappa shape index (κ1) is 19.8. The van der Waals surface area contributed by atoms with Crippen LogP contribution in [0.15, 0.2) is 42.7 Å². The zero-order valence-electron chi connectivity index (χ0n) is 14.4. The summed E-state index contributed by atoms with van der Waals surface area (Å²) in [6.45, 7) is -0.130. The topological polar surface area (TPSA) is 70.6 Å². The number of anilines is 1. The Kier molecular flexibility index (Phi) is 6.25. The van der Waals surface area contributed by atoms with Crippen molar-refractivity contribution in [2.75, 3.05) is 30.7 Å². The van der Waals surface area contributed by atoms with Gasteiger partial charge in [-0.2, -0.15) is 0 Å². The molecule has 2 aromatic rings. The first-order valence-corrected chi connectivity index (χ1v) is 9.59. The minimum atomic E-state index is -3.85. The lowest BCUT2D eigenvalue weighted by atomic mass is 10.2. The number of hydrogen-bond donors (Lipinski definition) is 0. The van der Waals surface area contributed by atoms with E-state index in [-0.39, 0.29) is 5.69 Å². The van der Waals surface area contributed by atoms with E-state index in [1.807, 2.05) is 12.1 Å². The van der Waals surface area contributed by atoms with E-state index in [0.717, 1.165) is 34.3 Å². The molecule has 0 aliphatic carbocycles. The second kappa shape index (κ2) is 8.22. The number of nitrogens with zero attached hydrogens (tertiary/aromatic N) is 3. The Balaban J connectivity index is 2.10. The largest absolute Gasteiger partial charge is 0.344 e. The normalized spacial score (nSPS) is 11.2. The van der Waals surface area contributed by atoms with Crippen molar-refractivity contribution in [3.8, 4) is 0 Å². The average Bonchev–Trinajstić information content (AvgIpc) is 2.59. The molecule has 0 fully saturated rings. The lowest BCUT2D eigenvalue weighted by molar-refractivity contribution is -0.128. The summed E-state index contributed by atoms with van der Waals surface area (Å²) in [4.78, 5) is 17.7. The summed E-state index contributed by atoms with van der Waals surface area (Å²) in [5, 5.41) is 0. The van der Waals surface area contributed by atoms with Gasteiger partial charge in [-0.15, -0.1) is 0 Å². The molecule has 0 spiro atoms. The highest BCUT2D eigenvalue weighted by molar-refractivity contribution is 7.92. The first-order chi connectivity index (χ1) is 12.2. The molecule has 1 aromatic carbocycles. The van der Waals surface area contributed by atoms with E-state index in [2.05, 4.69) is 4.98 Å². The maximum absolute atomic E-state index is 13.4. The van der Waals surface area contributed by atoms with Crippen LogP contribution in [0.4, 0.5) is 14.5 Å². The van der Waals surface area contributed by atoms with Crippen LogP contribution in [-0.4, -0.2) is 50.6 Å². The number of aromatic nitrogens is 1. The number of pyridine rings is 1. The van der Waals surface area contributed by atoms with Gasteiger partial charge in [0.25, 0.3) is 0 Å². The highest BCUT2D eigenvalue weighted by Crippen LogP contribution is 2.20. The molecule has 1 aromatic heterocycles. The number of amides is 1. The SMILES string of the molecule is CN(CCc1ccncc1)C(=O)CN(c1ccc(F)c(F)c1)S(C)(=O)=O. The Morgan fingerprint density at radius 2 is 1.77 bits per heavy atom. The van der Waals surface area contributed by atoms with Crippen molar-refractivity contribution in [1.29, 1.82) is 0 Å². The van der Waals surface area contributed by atoms with Crippen LogP contribution in [0.5, 0.6) is 0 Å². The van der Waals surface area contributed by atoms with Gasteiger partial charge in [-0.3, -0.25) is 14.1 Å². The van der Waals surface area contributed by atoms with Crippen molar-refractivity contribution >= 4 is 21.6 Å². The predicted octanol–water partition coefficient (Wildman–Crippen LogP) is 1.83. The summed E-state index contributed by atoms with van der Waals surface area (Å²) in [5.74, 6) is -2.74. The van der Waals surface area contributed by atoms with Crippen molar-refractivity contribution in [3.05, 3.63) is 59.9 Å². The average molecular weight is 383 g/mol. The summed E-state index contributed by atoms with van der Waals surface area (Å²) >= 11 is 0. The minimum absolute atomic E-state index is 0.109. The number of sulfonamides is 1. The highest BCUT2D eigenvalue weighted by atomic mass is 32.2. The maximum Gasteiger partial charge on any atom is 0.243 e. The fourth-order valence-electron chi connectivity index (χ4n) is 2.25. The van der Waals surface area contributed by atoms with Gasteiger partial charge in [0.15, 0.2) is 11.6 Å². The van der Waals surface area contributed by atoms with Gasteiger partial charge in [0.2, 0.25) is 15.9 Å². The number of hydrogen-bond acceptors (Lipinski definition) is 4. The number of likely N-dealkylation sites (N-methyl/N-ethyl adjacent to an activating group) is 1. The first-order valence-electron chi connectivity index (χ1n) is 7.74. The molecule has 0 N–H and O–H groups in total. The monoisotopic (exact) mass is 383 g/mol. The molecule has 0 unspecified atom stereocenters. The minimum Gasteiger partial charge on any atom is -0.344 e. The predicted molar refractivity (Wildman–Crippen MR) is 94.1 cm³/mol. The summed E-state index contributed by atoms with van der Waals surface area (Å²) in [7, 11) is -2.30. The van der Waals surface area contributed by atoms with Crippen LogP contribution in [0.2, 0.25) is 0 Å². The zero-order valence-corrected chi connectivity index (χ0v) is 15.2. The molecule has 6 nitrogen and oxygen atoms in total. The van der Waals surface area contributed by atoms with Gasteiger partial charge in [-0.1, -0.05) is 0 Å². The van der Waals surface area contributed by atoms with Gasteiger partial charge in [-0.25, -0.2) is 17.2 Å². The summed E-state index contributed by atoms with van der Waals surface area (Å²) < 4.78 is 51.3. The van der Waals surface area contributed by atoms with E-state index in [4.69, 9.17) is 0 Å². The summed E-state index contributed by atoms with van der Waals surface area (Å²) in [6, 6.07) is 6.33. The molecule has 2 rings (SSSR count). The van der Waals surface area contributed by atoms with E-state index >= 15 is 0 Å². The number of benzene rings is 1. The van der Waals surface area contributed by atoms with Crippen LogP contribution in [-0.2, 0) is 21.2 Å². The van der Waals surface area contributed by atoms with Gasteiger partial charge in [-0.05, 0) is 36.2 Å². The molecule has 0 aliphatic rings. The maximum atomic E-state index is 13.4. The molecule has 0 saturated heterocycles. The molecule has 0 radical (unpaired) electrons. The third-order valence-corrected chi connectivity index (χ3v) is 4.92. The molecule has 0 saturated carbocycles. The van der Waals surface area contributed by atoms with Crippen LogP contribution in [0.25, 0.3) is 0 Å². The van der Waals surface area contributed by atoms with Crippen molar-refractivity contribution in [3.63, 3.8) is 0 Å². The quantitative estimate of drug-likeness (QED) is 0.731. The summed E-state index contributed by atoms with van der Waals surface area (Å²) in [6.07, 6.45) is 4.77. The Morgan fingerprint density at radius 1 is 1.12 bits per heavy atom. The fourth-order valence-corrected chi connectivity index (χ4v) is 3.10. The van der Waals surface area contributed by atoms with E-state index in [1.165, 1.54) is 4.90 Å². The Hall–Kier alpha value is -2.55. The second-order valence-corrected chi connectivity index (χ2v) is 7.70. The molecule has 1 heterocycles. The number of rotatable bonds is 7. The lowest BCUT2D eigenvalue weighted by Crippen LogP contribution is -2.41.